The summed E-state index contributed by atoms with van der Waals surface area (Å²) in [5.74, 6) is 0.422. The molecule has 0 bridgehead atoms. The van der Waals surface area contributed by atoms with Crippen LogP contribution in [0.4, 0.5) is 5.82 Å². The number of pyridine rings is 1. The molecule has 7 heteroatoms. The summed E-state index contributed by atoms with van der Waals surface area (Å²) in [5.41, 5.74) is 0.400. The van der Waals surface area contributed by atoms with Crippen molar-refractivity contribution in [1.82, 2.24) is 15.0 Å². The van der Waals surface area contributed by atoms with Crippen molar-refractivity contribution in [1.29, 1.82) is 0 Å². The van der Waals surface area contributed by atoms with E-state index >= 15 is 0 Å². The molecule has 110 valence electrons. The van der Waals surface area contributed by atoms with Crippen molar-refractivity contribution in [3.05, 3.63) is 59.0 Å². The number of hydrogen-bond acceptors (Lipinski definition) is 5. The number of carbonyl (C=O) groups excluding carboxylic acids is 1. The second-order valence-electron chi connectivity index (χ2n) is 4.44. The molecule has 1 aromatic carbocycles. The Hall–Kier alpha value is -2.67. The van der Waals surface area contributed by atoms with Crippen molar-refractivity contribution in [3.63, 3.8) is 0 Å². The van der Waals surface area contributed by atoms with Gasteiger partial charge in [-0.15, -0.1) is 0 Å². The Morgan fingerprint density at radius 2 is 2.00 bits per heavy atom. The Labute approximate surface area is 130 Å². The maximum atomic E-state index is 11.9. The largest absolute Gasteiger partial charge is 0.310 e. The van der Waals surface area contributed by atoms with Gasteiger partial charge in [0, 0.05) is 6.20 Å². The van der Waals surface area contributed by atoms with Crippen molar-refractivity contribution in [2.24, 2.45) is 0 Å². The molecular weight excluding hydrogens is 300 g/mol. The van der Waals surface area contributed by atoms with Crippen LogP contribution in [0.25, 0.3) is 10.9 Å². The summed E-state index contributed by atoms with van der Waals surface area (Å²) in [4.78, 5) is 34.8. The molecule has 0 aliphatic heterocycles. The molecule has 0 radical (unpaired) electrons. The van der Waals surface area contributed by atoms with Crippen molar-refractivity contribution < 1.29 is 4.79 Å². The van der Waals surface area contributed by atoms with Gasteiger partial charge in [0.25, 0.3) is 5.56 Å². The number of carbonyl (C=O) groups is 1. The Kier molecular flexibility index (Phi) is 4.15. The first-order valence-corrected chi connectivity index (χ1v) is 7.54. The number of benzene rings is 1. The molecule has 2 heterocycles. The molecule has 0 saturated carbocycles. The van der Waals surface area contributed by atoms with Gasteiger partial charge < -0.3 is 10.3 Å². The third-order valence-corrected chi connectivity index (χ3v) is 3.74. The number of aromatic amines is 1. The molecule has 0 aliphatic rings. The van der Waals surface area contributed by atoms with Gasteiger partial charge >= 0.3 is 0 Å². The Balaban J connectivity index is 1.69. The first-order chi connectivity index (χ1) is 10.7. The highest BCUT2D eigenvalue weighted by molar-refractivity contribution is 7.99. The minimum absolute atomic E-state index is 0.137. The van der Waals surface area contributed by atoms with E-state index in [1.54, 1.807) is 42.6 Å². The van der Waals surface area contributed by atoms with Gasteiger partial charge in [-0.1, -0.05) is 30.0 Å². The number of thioether (sulfide) groups is 1. The Bertz CT molecular complexity index is 864. The average molecular weight is 312 g/mol. The molecule has 0 saturated heterocycles. The van der Waals surface area contributed by atoms with E-state index in [2.05, 4.69) is 20.3 Å². The van der Waals surface area contributed by atoms with Crippen molar-refractivity contribution in [3.8, 4) is 0 Å². The fourth-order valence-electron chi connectivity index (χ4n) is 1.88. The second kappa shape index (κ2) is 6.40. The van der Waals surface area contributed by atoms with E-state index in [0.29, 0.717) is 21.9 Å². The smallest absolute Gasteiger partial charge is 0.259 e. The standard InChI is InChI=1S/C15H12N4O2S/c20-13(18-12-7-3-4-8-16-12)9-22-15-17-11-6-2-1-5-10(11)14(21)19-15/h1-8H,9H2,(H,16,18,20)(H,17,19,21). The van der Waals surface area contributed by atoms with Gasteiger partial charge in [0.15, 0.2) is 5.16 Å². The quantitative estimate of drug-likeness (QED) is 0.568. The molecule has 3 aromatic rings. The summed E-state index contributed by atoms with van der Waals surface area (Å²) in [6.07, 6.45) is 1.60. The van der Waals surface area contributed by atoms with E-state index in [-0.39, 0.29) is 17.2 Å². The van der Waals surface area contributed by atoms with Crippen LogP contribution in [0.2, 0.25) is 0 Å². The normalized spacial score (nSPS) is 10.5. The monoisotopic (exact) mass is 312 g/mol. The van der Waals surface area contributed by atoms with Crippen LogP contribution in [-0.2, 0) is 4.79 Å². The van der Waals surface area contributed by atoms with Crippen LogP contribution in [0.3, 0.4) is 0 Å². The Morgan fingerprint density at radius 3 is 2.82 bits per heavy atom. The SMILES string of the molecule is O=C(CSc1nc2ccccc2c(=O)[nH]1)Nc1ccccn1. The number of fused-ring (bicyclic) bond motifs is 1. The summed E-state index contributed by atoms with van der Waals surface area (Å²) in [6.45, 7) is 0. The topological polar surface area (TPSA) is 87.7 Å². The summed E-state index contributed by atoms with van der Waals surface area (Å²) >= 11 is 1.17. The number of para-hydroxylation sites is 1. The average Bonchev–Trinajstić information content (AvgIpc) is 2.54. The molecule has 1 amide bonds. The summed E-state index contributed by atoms with van der Waals surface area (Å²) < 4.78 is 0. The number of nitrogens with zero attached hydrogens (tertiary/aromatic N) is 2. The summed E-state index contributed by atoms with van der Waals surface area (Å²) in [7, 11) is 0. The molecule has 22 heavy (non-hydrogen) atoms. The van der Waals surface area contributed by atoms with E-state index in [1.807, 2.05) is 6.07 Å². The van der Waals surface area contributed by atoms with E-state index in [1.165, 1.54) is 11.8 Å². The van der Waals surface area contributed by atoms with Crippen LogP contribution in [0, 0.1) is 0 Å². The lowest BCUT2D eigenvalue weighted by Crippen LogP contribution is -2.16. The van der Waals surface area contributed by atoms with E-state index in [9.17, 15) is 9.59 Å². The molecule has 2 aromatic heterocycles. The van der Waals surface area contributed by atoms with Crippen LogP contribution in [-0.4, -0.2) is 26.6 Å². The van der Waals surface area contributed by atoms with Gasteiger partial charge in [0.2, 0.25) is 5.91 Å². The summed E-state index contributed by atoms with van der Waals surface area (Å²) in [6, 6.07) is 12.3. The highest BCUT2D eigenvalue weighted by atomic mass is 32.2. The zero-order valence-corrected chi connectivity index (χ0v) is 12.3. The maximum Gasteiger partial charge on any atom is 0.259 e. The van der Waals surface area contributed by atoms with Gasteiger partial charge in [-0.25, -0.2) is 9.97 Å². The second-order valence-corrected chi connectivity index (χ2v) is 5.40. The number of anilines is 1. The van der Waals surface area contributed by atoms with Crippen LogP contribution in [0.15, 0.2) is 58.6 Å². The van der Waals surface area contributed by atoms with Gasteiger partial charge in [-0.3, -0.25) is 9.59 Å². The molecule has 0 fully saturated rings. The van der Waals surface area contributed by atoms with Crippen LogP contribution >= 0.6 is 11.8 Å². The lowest BCUT2D eigenvalue weighted by molar-refractivity contribution is -0.113. The van der Waals surface area contributed by atoms with Crippen molar-refractivity contribution in [2.45, 2.75) is 5.16 Å². The van der Waals surface area contributed by atoms with Crippen LogP contribution in [0.1, 0.15) is 0 Å². The van der Waals surface area contributed by atoms with Crippen molar-refractivity contribution >= 4 is 34.4 Å². The first kappa shape index (κ1) is 14.3. The molecule has 0 unspecified atom stereocenters. The third-order valence-electron chi connectivity index (χ3n) is 2.86. The van der Waals surface area contributed by atoms with Crippen LogP contribution < -0.4 is 10.9 Å². The molecule has 0 atom stereocenters. The van der Waals surface area contributed by atoms with E-state index in [4.69, 9.17) is 0 Å². The fraction of sp³-hybridized carbons (Fsp3) is 0.0667. The number of hydrogen-bond donors (Lipinski definition) is 2. The van der Waals surface area contributed by atoms with Crippen LogP contribution in [0.5, 0.6) is 0 Å². The van der Waals surface area contributed by atoms with Gasteiger partial charge in [0.05, 0.1) is 16.7 Å². The molecular formula is C15H12N4O2S. The van der Waals surface area contributed by atoms with Crippen molar-refractivity contribution in [2.75, 3.05) is 11.1 Å². The molecule has 0 aliphatic carbocycles. The third kappa shape index (κ3) is 3.32. The highest BCUT2D eigenvalue weighted by Crippen LogP contribution is 2.15. The Morgan fingerprint density at radius 1 is 1.18 bits per heavy atom. The summed E-state index contributed by atoms with van der Waals surface area (Å²) in [5, 5.41) is 3.62. The van der Waals surface area contributed by atoms with Gasteiger partial charge in [-0.2, -0.15) is 0 Å². The van der Waals surface area contributed by atoms with Gasteiger partial charge in [0.1, 0.15) is 5.82 Å². The van der Waals surface area contributed by atoms with E-state index < -0.39 is 0 Å². The van der Waals surface area contributed by atoms with E-state index in [0.717, 1.165) is 0 Å². The lowest BCUT2D eigenvalue weighted by Gasteiger charge is -2.04. The fourth-order valence-corrected chi connectivity index (χ4v) is 2.55. The lowest BCUT2D eigenvalue weighted by atomic mass is 10.2. The number of aromatic nitrogens is 3. The zero-order valence-electron chi connectivity index (χ0n) is 11.4. The number of rotatable bonds is 4. The minimum Gasteiger partial charge on any atom is -0.310 e. The molecule has 3 rings (SSSR count). The highest BCUT2D eigenvalue weighted by Gasteiger charge is 2.07. The number of nitrogens with one attached hydrogen (secondary N) is 2. The number of H-pyrrole nitrogens is 1. The number of amides is 1. The first-order valence-electron chi connectivity index (χ1n) is 6.55. The molecule has 6 nitrogen and oxygen atoms in total. The molecule has 0 spiro atoms. The molecule has 2 N–H and O–H groups in total. The predicted octanol–water partition coefficient (Wildman–Crippen LogP) is 2.05. The maximum absolute atomic E-state index is 11.9. The predicted molar refractivity (Wildman–Crippen MR) is 86.0 cm³/mol. The zero-order chi connectivity index (χ0) is 15.4. The minimum atomic E-state index is -0.210. The van der Waals surface area contributed by atoms with Gasteiger partial charge in [-0.05, 0) is 24.3 Å².